The fourth-order valence-corrected chi connectivity index (χ4v) is 3.42. The monoisotopic (exact) mass is 455 g/mol. The third-order valence-corrected chi connectivity index (χ3v) is 5.22. The average Bonchev–Trinajstić information content (AvgIpc) is 2.73. The number of para-hydroxylation sites is 1. The molecule has 0 saturated carbocycles. The third kappa shape index (κ3) is 12.3. The van der Waals surface area contributed by atoms with Gasteiger partial charge in [-0.05, 0) is 25.0 Å². The van der Waals surface area contributed by atoms with Crippen LogP contribution in [0.5, 0.6) is 0 Å². The van der Waals surface area contributed by atoms with Crippen LogP contribution in [0.2, 0.25) is 5.02 Å². The topological polar surface area (TPSA) is 95.7 Å². The van der Waals surface area contributed by atoms with E-state index in [9.17, 15) is 19.7 Å². The third-order valence-electron chi connectivity index (χ3n) is 4.91. The Hall–Kier alpha value is -2.15. The van der Waals surface area contributed by atoms with Crippen molar-refractivity contribution in [3.05, 3.63) is 38.9 Å². The van der Waals surface area contributed by atoms with Gasteiger partial charge in [-0.15, -0.1) is 0 Å². The van der Waals surface area contributed by atoms with E-state index >= 15 is 0 Å². The Morgan fingerprint density at radius 1 is 0.903 bits per heavy atom. The summed E-state index contributed by atoms with van der Waals surface area (Å²) in [6.07, 6.45) is 11.3. The number of nitro benzene ring substituents is 1. The number of unbranched alkanes of at least 4 members (excludes halogenated alkanes) is 8. The van der Waals surface area contributed by atoms with Crippen molar-refractivity contribution in [2.24, 2.45) is 0 Å². The van der Waals surface area contributed by atoms with Gasteiger partial charge in [0.05, 0.1) is 17.1 Å². The molecule has 0 aliphatic heterocycles. The number of halogens is 1. The quantitative estimate of drug-likeness (QED) is 0.114. The van der Waals surface area contributed by atoms with Crippen LogP contribution in [0.15, 0.2) is 18.2 Å². The van der Waals surface area contributed by atoms with Crippen molar-refractivity contribution in [1.82, 2.24) is 0 Å². The predicted octanol–water partition coefficient (Wildman–Crippen LogP) is 6.54. The highest BCUT2D eigenvalue weighted by molar-refractivity contribution is 6.32. The second-order valence-corrected chi connectivity index (χ2v) is 7.98. The van der Waals surface area contributed by atoms with Crippen LogP contribution in [0.25, 0.3) is 0 Å². The molecule has 0 aromatic heterocycles. The Morgan fingerprint density at radius 3 is 2.10 bits per heavy atom. The number of esters is 2. The van der Waals surface area contributed by atoms with Crippen molar-refractivity contribution in [3.8, 4) is 0 Å². The smallest absolute Gasteiger partial charge is 0.306 e. The molecule has 0 atom stereocenters. The van der Waals surface area contributed by atoms with E-state index in [0.29, 0.717) is 13.0 Å². The zero-order valence-corrected chi connectivity index (χ0v) is 19.2. The van der Waals surface area contributed by atoms with Gasteiger partial charge in [0.15, 0.2) is 0 Å². The van der Waals surface area contributed by atoms with E-state index in [2.05, 4.69) is 6.92 Å². The molecule has 1 aromatic rings. The summed E-state index contributed by atoms with van der Waals surface area (Å²) in [7, 11) is 0. The van der Waals surface area contributed by atoms with Gasteiger partial charge in [0.1, 0.15) is 11.6 Å². The molecule has 31 heavy (non-hydrogen) atoms. The first-order chi connectivity index (χ1) is 15.0. The summed E-state index contributed by atoms with van der Waals surface area (Å²) in [5.74, 6) is -0.848. The molecule has 0 fully saturated rings. The molecule has 0 heterocycles. The minimum absolute atomic E-state index is 0.00623. The molecule has 7 nitrogen and oxygen atoms in total. The minimum atomic E-state index is -0.602. The Morgan fingerprint density at radius 2 is 1.48 bits per heavy atom. The highest BCUT2D eigenvalue weighted by Gasteiger charge is 2.19. The van der Waals surface area contributed by atoms with Crippen LogP contribution in [0, 0.1) is 10.1 Å². The van der Waals surface area contributed by atoms with Gasteiger partial charge in [-0.2, -0.15) is 0 Å². The van der Waals surface area contributed by atoms with Crippen LogP contribution in [0.4, 0.5) is 5.69 Å². The zero-order valence-electron chi connectivity index (χ0n) is 18.4. The lowest BCUT2D eigenvalue weighted by Gasteiger charge is -2.07. The maximum absolute atomic E-state index is 11.8. The van der Waals surface area contributed by atoms with Crippen molar-refractivity contribution < 1.29 is 24.0 Å². The van der Waals surface area contributed by atoms with Crippen molar-refractivity contribution in [3.63, 3.8) is 0 Å². The summed E-state index contributed by atoms with van der Waals surface area (Å²) in [5.41, 5.74) is -0.0387. The molecule has 0 aliphatic rings. The Labute approximate surface area is 189 Å². The van der Waals surface area contributed by atoms with Gasteiger partial charge >= 0.3 is 11.9 Å². The highest BCUT2D eigenvalue weighted by atomic mass is 35.5. The van der Waals surface area contributed by atoms with Crippen molar-refractivity contribution >= 4 is 29.2 Å². The van der Waals surface area contributed by atoms with Crippen molar-refractivity contribution in [2.45, 2.75) is 90.6 Å². The fourth-order valence-electron chi connectivity index (χ4n) is 3.16. The Balaban J connectivity index is 2.08. The number of nitro groups is 1. The molecule has 0 bridgehead atoms. The van der Waals surface area contributed by atoms with Crippen LogP contribution >= 0.6 is 11.6 Å². The molecule has 0 aliphatic carbocycles. The molecule has 0 amide bonds. The molecule has 0 saturated heterocycles. The summed E-state index contributed by atoms with van der Waals surface area (Å²) in [6, 6.07) is 4.45. The Bertz CT molecular complexity index is 695. The van der Waals surface area contributed by atoms with Gasteiger partial charge in [0.2, 0.25) is 0 Å². The first-order valence-corrected chi connectivity index (χ1v) is 11.6. The average molecular weight is 456 g/mol. The summed E-state index contributed by atoms with van der Waals surface area (Å²) in [4.78, 5) is 34.0. The molecular weight excluding hydrogens is 422 g/mol. The Kier molecular flexibility index (Phi) is 14.3. The number of carbonyl (C=O) groups is 2. The van der Waals surface area contributed by atoms with Crippen LogP contribution in [-0.4, -0.2) is 23.5 Å². The number of rotatable bonds is 17. The summed E-state index contributed by atoms with van der Waals surface area (Å²) in [6.45, 7) is 2.39. The number of hydrogen-bond donors (Lipinski definition) is 0. The van der Waals surface area contributed by atoms with Gasteiger partial charge in [0, 0.05) is 12.8 Å². The van der Waals surface area contributed by atoms with Gasteiger partial charge in [-0.3, -0.25) is 19.7 Å². The van der Waals surface area contributed by atoms with E-state index in [1.54, 1.807) is 6.07 Å². The first kappa shape index (κ1) is 26.9. The molecule has 8 heteroatoms. The SMILES string of the molecule is CCCCCCCCCCCOC(=O)CCCC(=O)OCc1cccc(Cl)c1[N+](=O)[O-]. The van der Waals surface area contributed by atoms with E-state index in [0.717, 1.165) is 12.8 Å². The maximum atomic E-state index is 11.8. The number of benzene rings is 1. The number of ether oxygens (including phenoxy) is 2. The van der Waals surface area contributed by atoms with Gasteiger partial charge < -0.3 is 9.47 Å². The summed E-state index contributed by atoms with van der Waals surface area (Å²) in [5, 5.41) is 11.1. The summed E-state index contributed by atoms with van der Waals surface area (Å²) < 4.78 is 10.3. The first-order valence-electron chi connectivity index (χ1n) is 11.2. The lowest BCUT2D eigenvalue weighted by atomic mass is 10.1. The van der Waals surface area contributed by atoms with E-state index in [4.69, 9.17) is 21.1 Å². The lowest BCUT2D eigenvalue weighted by Crippen LogP contribution is -2.09. The number of carbonyl (C=O) groups excluding carboxylic acids is 2. The predicted molar refractivity (Wildman–Crippen MR) is 120 cm³/mol. The maximum Gasteiger partial charge on any atom is 0.306 e. The molecule has 174 valence electrons. The molecule has 1 rings (SSSR count). The van der Waals surface area contributed by atoms with Gasteiger partial charge in [0.25, 0.3) is 5.69 Å². The van der Waals surface area contributed by atoms with Crippen LogP contribution in [-0.2, 0) is 25.7 Å². The highest BCUT2D eigenvalue weighted by Crippen LogP contribution is 2.28. The zero-order chi connectivity index (χ0) is 22.9. The molecule has 0 unspecified atom stereocenters. The van der Waals surface area contributed by atoms with Gasteiger partial charge in [-0.25, -0.2) is 0 Å². The second-order valence-electron chi connectivity index (χ2n) is 7.57. The van der Waals surface area contributed by atoms with E-state index in [-0.39, 0.29) is 41.7 Å². The molecule has 0 radical (unpaired) electrons. The number of nitrogens with zero attached hydrogens (tertiary/aromatic N) is 1. The summed E-state index contributed by atoms with van der Waals surface area (Å²) >= 11 is 5.82. The van der Waals surface area contributed by atoms with E-state index in [1.807, 2.05) is 0 Å². The fraction of sp³-hybridized carbons (Fsp3) is 0.652. The standard InChI is InChI=1S/C23H34ClNO6/c1-2-3-4-5-6-7-8-9-10-17-30-21(26)15-12-16-22(27)31-18-19-13-11-14-20(24)23(19)25(28)29/h11,13-14H,2-10,12,15-18H2,1H3. The molecule has 0 N–H and O–H groups in total. The van der Waals surface area contributed by atoms with Crippen molar-refractivity contribution in [2.75, 3.05) is 6.61 Å². The molecular formula is C23H34ClNO6. The molecule has 1 aromatic carbocycles. The van der Waals surface area contributed by atoms with Gasteiger partial charge in [-0.1, -0.05) is 76.0 Å². The normalized spacial score (nSPS) is 10.6. The van der Waals surface area contributed by atoms with E-state index < -0.39 is 10.9 Å². The van der Waals surface area contributed by atoms with Crippen LogP contribution in [0.1, 0.15) is 89.5 Å². The molecule has 0 spiro atoms. The van der Waals surface area contributed by atoms with Crippen molar-refractivity contribution in [1.29, 1.82) is 0 Å². The minimum Gasteiger partial charge on any atom is -0.466 e. The number of hydrogen-bond acceptors (Lipinski definition) is 6. The lowest BCUT2D eigenvalue weighted by molar-refractivity contribution is -0.385. The largest absolute Gasteiger partial charge is 0.466 e. The van der Waals surface area contributed by atoms with Crippen LogP contribution in [0.3, 0.4) is 0 Å². The second kappa shape index (κ2) is 16.5. The van der Waals surface area contributed by atoms with E-state index in [1.165, 1.54) is 57.1 Å². The van der Waals surface area contributed by atoms with Crippen LogP contribution < -0.4 is 0 Å².